The van der Waals surface area contributed by atoms with E-state index in [2.05, 4.69) is 22.0 Å². The van der Waals surface area contributed by atoms with Crippen LogP contribution in [-0.4, -0.2) is 16.7 Å². The highest BCUT2D eigenvalue weighted by Crippen LogP contribution is 2.13. The van der Waals surface area contributed by atoms with Gasteiger partial charge in [0.1, 0.15) is 0 Å². The molecule has 0 radical (unpaired) electrons. The molecule has 0 amide bonds. The van der Waals surface area contributed by atoms with E-state index in [4.69, 9.17) is 4.52 Å². The van der Waals surface area contributed by atoms with Gasteiger partial charge in [-0.05, 0) is 6.08 Å². The van der Waals surface area contributed by atoms with Gasteiger partial charge in [0.15, 0.2) is 6.54 Å². The number of rotatable bonds is 5. The number of benzene rings is 1. The predicted molar refractivity (Wildman–Crippen MR) is 60.4 cm³/mol. The summed E-state index contributed by atoms with van der Waals surface area (Å²) in [5, 5.41) is 5.98. The highest BCUT2D eigenvalue weighted by atomic mass is 16.5. The van der Waals surface area contributed by atoms with Crippen LogP contribution >= 0.6 is 0 Å². The Morgan fingerprint density at radius 1 is 1.31 bits per heavy atom. The Balaban J connectivity index is 2.05. The Hall–Kier alpha value is -1.94. The van der Waals surface area contributed by atoms with Gasteiger partial charge in [-0.3, -0.25) is 0 Å². The molecule has 0 saturated heterocycles. The standard InChI is InChI=1S/C12H13N3O/c1-2-8-13-9-11-14-12(15-16-11)10-6-4-3-5-7-10/h2-7,13H,1,8-9H2/p+1. The molecule has 4 heteroatoms. The first-order valence-corrected chi connectivity index (χ1v) is 5.20. The molecule has 2 rings (SSSR count). The Morgan fingerprint density at radius 3 is 2.88 bits per heavy atom. The number of nitrogens with zero attached hydrogens (tertiary/aromatic N) is 2. The number of aromatic nitrogens is 2. The quantitative estimate of drug-likeness (QED) is 0.599. The Labute approximate surface area is 94.0 Å². The van der Waals surface area contributed by atoms with Crippen molar-refractivity contribution in [3.05, 3.63) is 48.9 Å². The maximum atomic E-state index is 5.14. The van der Waals surface area contributed by atoms with Crippen LogP contribution < -0.4 is 5.32 Å². The van der Waals surface area contributed by atoms with Gasteiger partial charge >= 0.3 is 0 Å². The SMILES string of the molecule is C=CC[NH2+]Cc1nc(-c2ccccc2)no1. The van der Waals surface area contributed by atoms with Crippen LogP contribution in [0.3, 0.4) is 0 Å². The van der Waals surface area contributed by atoms with Gasteiger partial charge in [-0.25, -0.2) is 0 Å². The molecule has 1 aromatic heterocycles. The lowest BCUT2D eigenvalue weighted by atomic mass is 10.2. The lowest BCUT2D eigenvalue weighted by Gasteiger charge is -1.91. The zero-order chi connectivity index (χ0) is 11.2. The van der Waals surface area contributed by atoms with Crippen LogP contribution in [0, 0.1) is 0 Å². The molecular formula is C12H14N3O+. The van der Waals surface area contributed by atoms with Crippen LogP contribution in [-0.2, 0) is 6.54 Å². The van der Waals surface area contributed by atoms with Gasteiger partial charge in [0, 0.05) is 5.56 Å². The molecule has 0 saturated carbocycles. The monoisotopic (exact) mass is 216 g/mol. The van der Waals surface area contributed by atoms with Crippen molar-refractivity contribution in [3.8, 4) is 11.4 Å². The molecule has 0 aliphatic heterocycles. The third-order valence-corrected chi connectivity index (χ3v) is 2.15. The summed E-state index contributed by atoms with van der Waals surface area (Å²) < 4.78 is 5.14. The minimum atomic E-state index is 0.640. The molecule has 0 atom stereocenters. The number of quaternary nitrogens is 1. The second-order valence-corrected chi connectivity index (χ2v) is 3.39. The molecule has 82 valence electrons. The first-order valence-electron chi connectivity index (χ1n) is 5.20. The number of hydrogen-bond donors (Lipinski definition) is 1. The van der Waals surface area contributed by atoms with Crippen molar-refractivity contribution >= 4 is 0 Å². The summed E-state index contributed by atoms with van der Waals surface area (Å²) in [7, 11) is 0. The van der Waals surface area contributed by atoms with Gasteiger partial charge in [0.2, 0.25) is 5.82 Å². The second-order valence-electron chi connectivity index (χ2n) is 3.39. The maximum Gasteiger partial charge on any atom is 0.282 e. The van der Waals surface area contributed by atoms with Crippen LogP contribution in [0.5, 0.6) is 0 Å². The van der Waals surface area contributed by atoms with E-state index in [1.165, 1.54) is 0 Å². The summed E-state index contributed by atoms with van der Waals surface area (Å²) in [5.74, 6) is 1.28. The summed E-state index contributed by atoms with van der Waals surface area (Å²) in [5.41, 5.74) is 0.973. The van der Waals surface area contributed by atoms with E-state index in [0.717, 1.165) is 12.1 Å². The molecular weight excluding hydrogens is 202 g/mol. The minimum Gasteiger partial charge on any atom is -0.335 e. The van der Waals surface area contributed by atoms with Crippen molar-refractivity contribution in [1.29, 1.82) is 0 Å². The van der Waals surface area contributed by atoms with E-state index >= 15 is 0 Å². The van der Waals surface area contributed by atoms with E-state index in [9.17, 15) is 0 Å². The molecule has 0 aliphatic carbocycles. The minimum absolute atomic E-state index is 0.640. The largest absolute Gasteiger partial charge is 0.335 e. The summed E-state index contributed by atoms with van der Waals surface area (Å²) in [4.78, 5) is 4.31. The van der Waals surface area contributed by atoms with Crippen LogP contribution in [0.15, 0.2) is 47.5 Å². The van der Waals surface area contributed by atoms with E-state index < -0.39 is 0 Å². The fourth-order valence-electron chi connectivity index (χ4n) is 1.37. The molecule has 16 heavy (non-hydrogen) atoms. The summed E-state index contributed by atoms with van der Waals surface area (Å²) >= 11 is 0. The molecule has 4 nitrogen and oxygen atoms in total. The number of nitrogens with two attached hydrogens (primary N) is 1. The average molecular weight is 216 g/mol. The van der Waals surface area contributed by atoms with E-state index in [-0.39, 0.29) is 0 Å². The molecule has 2 N–H and O–H groups in total. The van der Waals surface area contributed by atoms with Crippen molar-refractivity contribution in [1.82, 2.24) is 10.1 Å². The molecule has 0 fully saturated rings. The molecule has 0 aliphatic rings. The lowest BCUT2D eigenvalue weighted by molar-refractivity contribution is -0.664. The zero-order valence-electron chi connectivity index (χ0n) is 8.97. The zero-order valence-corrected chi connectivity index (χ0v) is 8.97. The van der Waals surface area contributed by atoms with Crippen LogP contribution in [0.25, 0.3) is 11.4 Å². The third-order valence-electron chi connectivity index (χ3n) is 2.15. The topological polar surface area (TPSA) is 55.5 Å². The Morgan fingerprint density at radius 2 is 2.12 bits per heavy atom. The van der Waals surface area contributed by atoms with E-state index in [1.807, 2.05) is 36.4 Å². The normalized spacial score (nSPS) is 10.2. The molecule has 0 bridgehead atoms. The fraction of sp³-hybridized carbons (Fsp3) is 0.167. The molecule has 2 aromatic rings. The van der Waals surface area contributed by atoms with Crippen molar-refractivity contribution in [2.45, 2.75) is 6.54 Å². The van der Waals surface area contributed by atoms with E-state index in [1.54, 1.807) is 0 Å². The van der Waals surface area contributed by atoms with Crippen molar-refractivity contribution < 1.29 is 9.84 Å². The number of hydrogen-bond acceptors (Lipinski definition) is 3. The average Bonchev–Trinajstić information content (AvgIpc) is 2.79. The van der Waals surface area contributed by atoms with Crippen molar-refractivity contribution in [3.63, 3.8) is 0 Å². The Kier molecular flexibility index (Phi) is 3.46. The predicted octanol–water partition coefficient (Wildman–Crippen LogP) is 0.986. The first kappa shape index (κ1) is 10.6. The lowest BCUT2D eigenvalue weighted by Crippen LogP contribution is -2.82. The summed E-state index contributed by atoms with van der Waals surface area (Å²) in [6.45, 7) is 5.18. The summed E-state index contributed by atoms with van der Waals surface area (Å²) in [6, 6.07) is 9.79. The van der Waals surface area contributed by atoms with Gasteiger partial charge < -0.3 is 9.84 Å². The highest BCUT2D eigenvalue weighted by molar-refractivity contribution is 5.53. The highest BCUT2D eigenvalue weighted by Gasteiger charge is 2.08. The van der Waals surface area contributed by atoms with E-state index in [0.29, 0.717) is 18.3 Å². The maximum absolute atomic E-state index is 5.14. The second kappa shape index (κ2) is 5.23. The van der Waals surface area contributed by atoms with Gasteiger partial charge in [0.25, 0.3) is 5.89 Å². The first-order chi connectivity index (χ1) is 7.90. The van der Waals surface area contributed by atoms with Crippen molar-refractivity contribution in [2.75, 3.05) is 6.54 Å². The van der Waals surface area contributed by atoms with Gasteiger partial charge in [0.05, 0.1) is 6.54 Å². The van der Waals surface area contributed by atoms with Crippen LogP contribution in [0.2, 0.25) is 0 Å². The fourth-order valence-corrected chi connectivity index (χ4v) is 1.37. The Bertz CT molecular complexity index is 450. The van der Waals surface area contributed by atoms with Gasteiger partial charge in [-0.1, -0.05) is 42.1 Å². The van der Waals surface area contributed by atoms with Crippen LogP contribution in [0.4, 0.5) is 0 Å². The summed E-state index contributed by atoms with van der Waals surface area (Å²) in [6.07, 6.45) is 1.84. The smallest absolute Gasteiger partial charge is 0.282 e. The van der Waals surface area contributed by atoms with Crippen LogP contribution in [0.1, 0.15) is 5.89 Å². The van der Waals surface area contributed by atoms with Gasteiger partial charge in [-0.2, -0.15) is 4.98 Å². The molecule has 0 unspecified atom stereocenters. The molecule has 0 spiro atoms. The molecule has 1 aromatic carbocycles. The molecule has 1 heterocycles. The van der Waals surface area contributed by atoms with Gasteiger partial charge in [-0.15, -0.1) is 0 Å². The van der Waals surface area contributed by atoms with Crippen molar-refractivity contribution in [2.24, 2.45) is 0 Å². The third kappa shape index (κ3) is 2.55.